The number of hydrogen-bond donors (Lipinski definition) is 2. The lowest BCUT2D eigenvalue weighted by Crippen LogP contribution is -2.35. The Labute approximate surface area is 73.6 Å². The largest absolute Gasteiger partial charge is 0.328 e. The molecule has 5 heteroatoms. The van der Waals surface area contributed by atoms with Gasteiger partial charge in [0.15, 0.2) is 0 Å². The Kier molecular flexibility index (Phi) is 3.09. The molecule has 1 fully saturated rings. The van der Waals surface area contributed by atoms with Crippen LogP contribution in [0.1, 0.15) is 26.2 Å². The molecule has 0 heterocycles. The first-order valence-electron chi connectivity index (χ1n) is 4.29. The third kappa shape index (κ3) is 2.73. The molecule has 0 amide bonds. The Morgan fingerprint density at radius 3 is 2.58 bits per heavy atom. The van der Waals surface area contributed by atoms with Crippen molar-refractivity contribution in [3.05, 3.63) is 0 Å². The van der Waals surface area contributed by atoms with Crippen molar-refractivity contribution in [3.8, 4) is 0 Å². The van der Waals surface area contributed by atoms with Gasteiger partial charge in [-0.2, -0.15) is 0 Å². The fourth-order valence-electron chi connectivity index (χ4n) is 1.46. The van der Waals surface area contributed by atoms with Crippen LogP contribution in [0.5, 0.6) is 0 Å². The lowest BCUT2D eigenvalue weighted by molar-refractivity contribution is 0.550. The number of rotatable bonds is 3. The second kappa shape index (κ2) is 3.72. The van der Waals surface area contributed by atoms with Crippen molar-refractivity contribution in [1.29, 1.82) is 0 Å². The van der Waals surface area contributed by atoms with Crippen molar-refractivity contribution in [2.45, 2.75) is 38.3 Å². The average molecular weight is 192 g/mol. The summed E-state index contributed by atoms with van der Waals surface area (Å²) in [7, 11) is -3.03. The van der Waals surface area contributed by atoms with Crippen LogP contribution in [0.4, 0.5) is 0 Å². The SMILES string of the molecule is CCS(=O)(=O)NC1CCC(N)C1. The van der Waals surface area contributed by atoms with E-state index >= 15 is 0 Å². The van der Waals surface area contributed by atoms with Crippen molar-refractivity contribution in [1.82, 2.24) is 4.72 Å². The third-order valence-electron chi connectivity index (χ3n) is 2.20. The van der Waals surface area contributed by atoms with Crippen LogP contribution in [0, 0.1) is 0 Å². The highest BCUT2D eigenvalue weighted by atomic mass is 32.2. The zero-order valence-corrected chi connectivity index (χ0v) is 8.10. The van der Waals surface area contributed by atoms with Gasteiger partial charge in [0.1, 0.15) is 0 Å². The second-order valence-corrected chi connectivity index (χ2v) is 5.33. The summed E-state index contributed by atoms with van der Waals surface area (Å²) in [6, 6.07) is 0.250. The van der Waals surface area contributed by atoms with Crippen LogP contribution in [0.3, 0.4) is 0 Å². The lowest BCUT2D eigenvalue weighted by Gasteiger charge is -2.10. The minimum atomic E-state index is -3.03. The van der Waals surface area contributed by atoms with Crippen LogP contribution < -0.4 is 10.5 Å². The van der Waals surface area contributed by atoms with Crippen LogP contribution >= 0.6 is 0 Å². The minimum Gasteiger partial charge on any atom is -0.328 e. The van der Waals surface area contributed by atoms with E-state index in [1.165, 1.54) is 0 Å². The molecule has 0 bridgehead atoms. The normalized spacial score (nSPS) is 30.8. The fraction of sp³-hybridized carbons (Fsp3) is 1.00. The first-order valence-corrected chi connectivity index (χ1v) is 5.94. The molecule has 1 rings (SSSR count). The number of sulfonamides is 1. The quantitative estimate of drug-likeness (QED) is 0.650. The topological polar surface area (TPSA) is 72.2 Å². The van der Waals surface area contributed by atoms with Crippen molar-refractivity contribution in [2.24, 2.45) is 5.73 Å². The van der Waals surface area contributed by atoms with Crippen molar-refractivity contribution < 1.29 is 8.42 Å². The molecule has 72 valence electrons. The maximum atomic E-state index is 11.1. The first-order chi connectivity index (χ1) is 5.53. The van der Waals surface area contributed by atoms with Crippen molar-refractivity contribution in [3.63, 3.8) is 0 Å². The molecule has 0 radical (unpaired) electrons. The van der Waals surface area contributed by atoms with E-state index in [4.69, 9.17) is 5.73 Å². The highest BCUT2D eigenvalue weighted by Crippen LogP contribution is 2.17. The monoisotopic (exact) mass is 192 g/mol. The molecule has 1 aliphatic carbocycles. The van der Waals surface area contributed by atoms with Gasteiger partial charge in [-0.3, -0.25) is 0 Å². The molecule has 0 spiro atoms. The highest BCUT2D eigenvalue weighted by molar-refractivity contribution is 7.89. The van der Waals surface area contributed by atoms with E-state index < -0.39 is 10.0 Å². The predicted molar refractivity (Wildman–Crippen MR) is 48.2 cm³/mol. The number of hydrogen-bond acceptors (Lipinski definition) is 3. The Bertz CT molecular complexity index is 238. The van der Waals surface area contributed by atoms with Gasteiger partial charge in [-0.25, -0.2) is 13.1 Å². The molecular weight excluding hydrogens is 176 g/mol. The summed E-state index contributed by atoms with van der Waals surface area (Å²) in [5, 5.41) is 0. The van der Waals surface area contributed by atoms with Gasteiger partial charge >= 0.3 is 0 Å². The van der Waals surface area contributed by atoms with E-state index in [1.807, 2.05) is 0 Å². The van der Waals surface area contributed by atoms with E-state index in [2.05, 4.69) is 4.72 Å². The van der Waals surface area contributed by atoms with Gasteiger partial charge < -0.3 is 5.73 Å². The fourth-order valence-corrected chi connectivity index (χ4v) is 2.35. The van der Waals surface area contributed by atoms with E-state index in [9.17, 15) is 8.42 Å². The summed E-state index contributed by atoms with van der Waals surface area (Å²) in [5.41, 5.74) is 5.65. The molecule has 3 N–H and O–H groups in total. The molecule has 0 aliphatic heterocycles. The lowest BCUT2D eigenvalue weighted by atomic mass is 10.2. The van der Waals surface area contributed by atoms with Gasteiger partial charge in [-0.15, -0.1) is 0 Å². The number of nitrogens with two attached hydrogens (primary N) is 1. The smallest absolute Gasteiger partial charge is 0.211 e. The average Bonchev–Trinajstić information content (AvgIpc) is 2.35. The molecule has 0 saturated heterocycles. The minimum absolute atomic E-state index is 0.0740. The highest BCUT2D eigenvalue weighted by Gasteiger charge is 2.24. The Hall–Kier alpha value is -0.130. The van der Waals surface area contributed by atoms with Gasteiger partial charge in [-0.05, 0) is 26.2 Å². The van der Waals surface area contributed by atoms with Crippen LogP contribution in [-0.2, 0) is 10.0 Å². The summed E-state index contributed by atoms with van der Waals surface area (Å²) >= 11 is 0. The summed E-state index contributed by atoms with van der Waals surface area (Å²) in [5.74, 6) is 0.152. The zero-order valence-electron chi connectivity index (χ0n) is 7.29. The predicted octanol–water partition coefficient (Wildman–Crippen LogP) is -0.195. The summed E-state index contributed by atoms with van der Waals surface area (Å²) in [6.07, 6.45) is 2.58. The molecule has 0 aromatic heterocycles. The maximum Gasteiger partial charge on any atom is 0.211 e. The summed E-state index contributed by atoms with van der Waals surface area (Å²) < 4.78 is 24.8. The molecule has 4 nitrogen and oxygen atoms in total. The molecule has 12 heavy (non-hydrogen) atoms. The maximum absolute atomic E-state index is 11.1. The van der Waals surface area contributed by atoms with Gasteiger partial charge in [-0.1, -0.05) is 0 Å². The summed E-state index contributed by atoms with van der Waals surface area (Å²) in [4.78, 5) is 0. The van der Waals surface area contributed by atoms with Gasteiger partial charge in [0.05, 0.1) is 5.75 Å². The molecular formula is C7H16N2O2S. The van der Waals surface area contributed by atoms with Gasteiger partial charge in [0.2, 0.25) is 10.0 Å². The zero-order chi connectivity index (χ0) is 9.19. The van der Waals surface area contributed by atoms with E-state index in [-0.39, 0.29) is 17.8 Å². The van der Waals surface area contributed by atoms with E-state index in [0.29, 0.717) is 0 Å². The van der Waals surface area contributed by atoms with Crippen LogP contribution in [0.2, 0.25) is 0 Å². The molecule has 1 aliphatic rings. The second-order valence-electron chi connectivity index (χ2n) is 3.29. The molecule has 0 aromatic rings. The van der Waals surface area contributed by atoms with Crippen LogP contribution in [0.15, 0.2) is 0 Å². The third-order valence-corrected chi connectivity index (χ3v) is 3.65. The molecule has 2 atom stereocenters. The molecule has 0 aromatic carbocycles. The van der Waals surface area contributed by atoms with Crippen LogP contribution in [0.25, 0.3) is 0 Å². The van der Waals surface area contributed by atoms with Crippen molar-refractivity contribution >= 4 is 10.0 Å². The first kappa shape index (κ1) is 9.95. The Morgan fingerprint density at radius 2 is 2.17 bits per heavy atom. The van der Waals surface area contributed by atoms with E-state index in [1.54, 1.807) is 6.92 Å². The van der Waals surface area contributed by atoms with Crippen molar-refractivity contribution in [2.75, 3.05) is 5.75 Å². The van der Waals surface area contributed by atoms with Crippen LogP contribution in [-0.4, -0.2) is 26.3 Å². The molecule has 1 saturated carbocycles. The van der Waals surface area contributed by atoms with Gasteiger partial charge in [0, 0.05) is 12.1 Å². The number of nitrogens with one attached hydrogen (secondary N) is 1. The molecule has 2 unspecified atom stereocenters. The summed E-state index contributed by atoms with van der Waals surface area (Å²) in [6.45, 7) is 1.64. The Morgan fingerprint density at radius 1 is 1.50 bits per heavy atom. The standard InChI is InChI=1S/C7H16N2O2S/c1-2-12(10,11)9-7-4-3-6(8)5-7/h6-7,9H,2-5,8H2,1H3. The van der Waals surface area contributed by atoms with E-state index in [0.717, 1.165) is 19.3 Å². The van der Waals surface area contributed by atoms with Gasteiger partial charge in [0.25, 0.3) is 0 Å². The Balaban J connectivity index is 2.43.